The largest absolute Gasteiger partial charge is 0.495 e. The van der Waals surface area contributed by atoms with E-state index < -0.39 is 0 Å². The molecule has 1 aromatic rings. The maximum atomic E-state index is 6.07. The molecule has 2 fully saturated rings. The number of hydrogen-bond donors (Lipinski definition) is 1. The smallest absolute Gasteiger partial charge is 0.137 e. The van der Waals surface area contributed by atoms with Crippen LogP contribution < -0.4 is 10.1 Å². The lowest BCUT2D eigenvalue weighted by molar-refractivity contribution is 0.361. The Balaban J connectivity index is 1.84. The van der Waals surface area contributed by atoms with Gasteiger partial charge in [-0.15, -0.1) is 0 Å². The van der Waals surface area contributed by atoms with E-state index in [1.807, 2.05) is 6.07 Å². The van der Waals surface area contributed by atoms with Crippen LogP contribution in [0.25, 0.3) is 0 Å². The van der Waals surface area contributed by atoms with Crippen molar-refractivity contribution in [1.29, 1.82) is 0 Å². The van der Waals surface area contributed by atoms with Crippen LogP contribution in [0.4, 0.5) is 0 Å². The van der Waals surface area contributed by atoms with Gasteiger partial charge in [0.1, 0.15) is 5.75 Å². The van der Waals surface area contributed by atoms with E-state index in [-0.39, 0.29) is 0 Å². The van der Waals surface area contributed by atoms with Crippen molar-refractivity contribution in [2.45, 2.75) is 43.7 Å². The Kier molecular flexibility index (Phi) is 3.01. The average molecular weight is 252 g/mol. The predicted molar refractivity (Wildman–Crippen MR) is 69.9 cm³/mol. The minimum absolute atomic E-state index is 0.667. The van der Waals surface area contributed by atoms with Crippen molar-refractivity contribution in [3.8, 4) is 5.75 Å². The SMILES string of the molecule is COc1cc(C2C[C@H]3CC[C@@H](C2)N3)ccc1Cl. The first-order valence-electron chi connectivity index (χ1n) is 6.35. The fourth-order valence-corrected chi connectivity index (χ4v) is 3.45. The summed E-state index contributed by atoms with van der Waals surface area (Å²) in [7, 11) is 1.68. The highest BCUT2D eigenvalue weighted by molar-refractivity contribution is 6.32. The lowest BCUT2D eigenvalue weighted by Gasteiger charge is -2.29. The molecule has 0 radical (unpaired) electrons. The summed E-state index contributed by atoms with van der Waals surface area (Å²) in [5.41, 5.74) is 1.38. The first kappa shape index (κ1) is 11.4. The standard InChI is InChI=1S/C14H18ClNO/c1-17-14-8-9(2-5-13(14)15)10-6-11-3-4-12(7-10)16-11/h2,5,8,10-12,16H,3-4,6-7H2,1H3/t10?,11-,12+. The fourth-order valence-electron chi connectivity index (χ4n) is 3.26. The third kappa shape index (κ3) is 2.16. The van der Waals surface area contributed by atoms with Crippen molar-refractivity contribution in [3.63, 3.8) is 0 Å². The summed E-state index contributed by atoms with van der Waals surface area (Å²) in [6.45, 7) is 0. The molecule has 2 saturated heterocycles. The van der Waals surface area contributed by atoms with E-state index in [1.54, 1.807) is 7.11 Å². The van der Waals surface area contributed by atoms with Crippen molar-refractivity contribution in [1.82, 2.24) is 5.32 Å². The number of hydrogen-bond acceptors (Lipinski definition) is 2. The highest BCUT2D eigenvalue weighted by atomic mass is 35.5. The molecular weight excluding hydrogens is 234 g/mol. The maximum Gasteiger partial charge on any atom is 0.137 e. The topological polar surface area (TPSA) is 21.3 Å². The van der Waals surface area contributed by atoms with Crippen LogP contribution >= 0.6 is 11.6 Å². The summed E-state index contributed by atoms with van der Waals surface area (Å²) in [6.07, 6.45) is 5.18. The number of rotatable bonds is 2. The van der Waals surface area contributed by atoms with E-state index in [2.05, 4.69) is 17.4 Å². The summed E-state index contributed by atoms with van der Waals surface area (Å²) in [6, 6.07) is 7.67. The molecule has 0 spiro atoms. The molecule has 3 rings (SSSR count). The van der Waals surface area contributed by atoms with Gasteiger partial charge in [0.25, 0.3) is 0 Å². The molecule has 3 heteroatoms. The van der Waals surface area contributed by atoms with Crippen LogP contribution in [0.15, 0.2) is 18.2 Å². The molecule has 2 aliphatic heterocycles. The highest BCUT2D eigenvalue weighted by Gasteiger charge is 2.34. The van der Waals surface area contributed by atoms with Gasteiger partial charge in [-0.3, -0.25) is 0 Å². The molecule has 2 aliphatic rings. The maximum absolute atomic E-state index is 6.07. The molecule has 0 aromatic heterocycles. The Hall–Kier alpha value is -0.730. The number of methoxy groups -OCH3 is 1. The molecular formula is C14H18ClNO. The summed E-state index contributed by atoms with van der Waals surface area (Å²) in [5, 5.41) is 4.37. The van der Waals surface area contributed by atoms with Gasteiger partial charge >= 0.3 is 0 Å². The van der Waals surface area contributed by atoms with Gasteiger partial charge in [0, 0.05) is 12.1 Å². The van der Waals surface area contributed by atoms with E-state index in [0.717, 1.165) is 17.8 Å². The Morgan fingerprint density at radius 1 is 1.24 bits per heavy atom. The second-order valence-electron chi connectivity index (χ2n) is 5.20. The fraction of sp³-hybridized carbons (Fsp3) is 0.571. The number of piperidine rings is 1. The van der Waals surface area contributed by atoms with Gasteiger partial charge < -0.3 is 10.1 Å². The lowest BCUT2D eigenvalue weighted by atomic mass is 9.86. The first-order valence-corrected chi connectivity index (χ1v) is 6.73. The third-order valence-electron chi connectivity index (χ3n) is 4.12. The van der Waals surface area contributed by atoms with Crippen molar-refractivity contribution < 1.29 is 4.74 Å². The van der Waals surface area contributed by atoms with Gasteiger partial charge in [-0.25, -0.2) is 0 Å². The van der Waals surface area contributed by atoms with Crippen LogP contribution in [0, 0.1) is 0 Å². The molecule has 3 atom stereocenters. The minimum atomic E-state index is 0.667. The molecule has 0 aliphatic carbocycles. The van der Waals surface area contributed by atoms with E-state index in [1.165, 1.54) is 31.2 Å². The predicted octanol–water partition coefficient (Wildman–Crippen LogP) is 3.35. The molecule has 2 nitrogen and oxygen atoms in total. The van der Waals surface area contributed by atoms with Gasteiger partial charge in [-0.1, -0.05) is 17.7 Å². The minimum Gasteiger partial charge on any atom is -0.495 e. The van der Waals surface area contributed by atoms with Crippen LogP contribution in [-0.2, 0) is 0 Å². The van der Waals surface area contributed by atoms with E-state index in [0.29, 0.717) is 10.9 Å². The van der Waals surface area contributed by atoms with Gasteiger partial charge in [-0.2, -0.15) is 0 Å². The van der Waals surface area contributed by atoms with Gasteiger partial charge in [-0.05, 0) is 49.3 Å². The van der Waals surface area contributed by atoms with Gasteiger partial charge in [0.15, 0.2) is 0 Å². The number of ether oxygens (including phenoxy) is 1. The van der Waals surface area contributed by atoms with Crippen LogP contribution in [0.2, 0.25) is 5.02 Å². The highest BCUT2D eigenvalue weighted by Crippen LogP contribution is 2.39. The van der Waals surface area contributed by atoms with Crippen molar-refractivity contribution in [2.24, 2.45) is 0 Å². The first-order chi connectivity index (χ1) is 8.26. The zero-order chi connectivity index (χ0) is 11.8. The summed E-state index contributed by atoms with van der Waals surface area (Å²) in [5.74, 6) is 1.47. The molecule has 0 saturated carbocycles. The molecule has 1 unspecified atom stereocenters. The number of fused-ring (bicyclic) bond motifs is 2. The zero-order valence-corrected chi connectivity index (χ0v) is 10.8. The van der Waals surface area contributed by atoms with E-state index in [4.69, 9.17) is 16.3 Å². The molecule has 2 bridgehead atoms. The van der Waals surface area contributed by atoms with Crippen LogP contribution in [0.1, 0.15) is 37.2 Å². The van der Waals surface area contributed by atoms with Crippen molar-refractivity contribution in [3.05, 3.63) is 28.8 Å². The molecule has 1 N–H and O–H groups in total. The van der Waals surface area contributed by atoms with Crippen molar-refractivity contribution >= 4 is 11.6 Å². The van der Waals surface area contributed by atoms with Gasteiger partial charge in [0.05, 0.1) is 12.1 Å². The summed E-state index contributed by atoms with van der Waals surface area (Å²) >= 11 is 6.07. The zero-order valence-electron chi connectivity index (χ0n) is 10.1. The quantitative estimate of drug-likeness (QED) is 0.871. The Morgan fingerprint density at radius 2 is 1.94 bits per heavy atom. The van der Waals surface area contributed by atoms with Crippen LogP contribution in [-0.4, -0.2) is 19.2 Å². The number of nitrogens with one attached hydrogen (secondary N) is 1. The van der Waals surface area contributed by atoms with Gasteiger partial charge in [0.2, 0.25) is 0 Å². The molecule has 2 heterocycles. The Labute approximate surface area is 107 Å². The third-order valence-corrected chi connectivity index (χ3v) is 4.43. The summed E-state index contributed by atoms with van der Waals surface area (Å²) < 4.78 is 5.30. The summed E-state index contributed by atoms with van der Waals surface area (Å²) in [4.78, 5) is 0. The normalized spacial score (nSPS) is 31.5. The molecule has 1 aromatic carbocycles. The van der Waals surface area contributed by atoms with E-state index in [9.17, 15) is 0 Å². The second kappa shape index (κ2) is 4.51. The Morgan fingerprint density at radius 3 is 2.59 bits per heavy atom. The number of halogens is 1. The average Bonchev–Trinajstić information content (AvgIpc) is 2.69. The van der Waals surface area contributed by atoms with Crippen molar-refractivity contribution in [2.75, 3.05) is 7.11 Å². The molecule has 17 heavy (non-hydrogen) atoms. The molecule has 0 amide bonds. The van der Waals surface area contributed by atoms with Crippen LogP contribution in [0.3, 0.4) is 0 Å². The Bertz CT molecular complexity index is 409. The van der Waals surface area contributed by atoms with E-state index >= 15 is 0 Å². The number of benzene rings is 1. The lowest BCUT2D eigenvalue weighted by Crippen LogP contribution is -2.37. The molecule has 92 valence electrons. The van der Waals surface area contributed by atoms with Crippen LogP contribution in [0.5, 0.6) is 5.75 Å². The second-order valence-corrected chi connectivity index (χ2v) is 5.61. The monoisotopic (exact) mass is 251 g/mol.